The van der Waals surface area contributed by atoms with Gasteiger partial charge >= 0.3 is 5.69 Å². The van der Waals surface area contributed by atoms with Gasteiger partial charge < -0.3 is 9.64 Å². The van der Waals surface area contributed by atoms with Crippen molar-refractivity contribution < 1.29 is 4.74 Å². The van der Waals surface area contributed by atoms with Gasteiger partial charge in [0.2, 0.25) is 5.39 Å². The lowest BCUT2D eigenvalue weighted by atomic mass is 10.1. The summed E-state index contributed by atoms with van der Waals surface area (Å²) in [7, 11) is 5.48. The number of diazo groups is 1. The second kappa shape index (κ2) is 3.97. The van der Waals surface area contributed by atoms with E-state index in [0.717, 1.165) is 17.0 Å². The van der Waals surface area contributed by atoms with Crippen LogP contribution in [0.5, 0.6) is 5.75 Å². The van der Waals surface area contributed by atoms with Gasteiger partial charge in [-0.15, -0.1) is 0 Å². The van der Waals surface area contributed by atoms with Crippen LogP contribution in [0.2, 0.25) is 0 Å². The predicted molar refractivity (Wildman–Crippen MR) is 56.8 cm³/mol. The Morgan fingerprint density at radius 3 is 2.43 bits per heavy atom. The molecule has 1 aromatic carbocycles. The van der Waals surface area contributed by atoms with Crippen LogP contribution in [-0.2, 0) is 0 Å². The molecule has 0 saturated heterocycles. The van der Waals surface area contributed by atoms with E-state index in [9.17, 15) is 0 Å². The molecule has 1 aromatic rings. The summed E-state index contributed by atoms with van der Waals surface area (Å²) in [6.45, 7) is 1.86. The fourth-order valence-corrected chi connectivity index (χ4v) is 1.39. The predicted octanol–water partition coefficient (Wildman–Crippen LogP) is 2.55. The minimum absolute atomic E-state index is 0.535. The summed E-state index contributed by atoms with van der Waals surface area (Å²) in [6, 6.07) is 3.62. The second-order valence-corrected chi connectivity index (χ2v) is 3.26. The van der Waals surface area contributed by atoms with Crippen LogP contribution in [0.15, 0.2) is 12.1 Å². The van der Waals surface area contributed by atoms with E-state index in [2.05, 4.69) is 4.98 Å². The molecule has 0 aliphatic carbocycles. The number of ether oxygens (including phenoxy) is 1. The van der Waals surface area contributed by atoms with Crippen LogP contribution in [0.3, 0.4) is 0 Å². The maximum atomic E-state index is 8.72. The lowest BCUT2D eigenvalue weighted by Crippen LogP contribution is -2.10. The molecule has 0 bridgehead atoms. The summed E-state index contributed by atoms with van der Waals surface area (Å²) in [6.07, 6.45) is 0. The Morgan fingerprint density at radius 2 is 2.00 bits per heavy atom. The maximum absolute atomic E-state index is 8.72. The Morgan fingerprint density at radius 1 is 1.36 bits per heavy atom. The van der Waals surface area contributed by atoms with E-state index in [-0.39, 0.29) is 0 Å². The first-order valence-electron chi connectivity index (χ1n) is 4.31. The molecule has 0 spiro atoms. The molecule has 4 heteroatoms. The zero-order valence-corrected chi connectivity index (χ0v) is 8.90. The highest BCUT2D eigenvalue weighted by atomic mass is 16.5. The van der Waals surface area contributed by atoms with Gasteiger partial charge in [-0.05, 0) is 13.0 Å². The van der Waals surface area contributed by atoms with E-state index in [4.69, 9.17) is 10.1 Å². The first-order chi connectivity index (χ1) is 6.61. The van der Waals surface area contributed by atoms with Crippen molar-refractivity contribution in [2.24, 2.45) is 0 Å². The summed E-state index contributed by atoms with van der Waals surface area (Å²) in [5.74, 6) is 0.741. The number of rotatable bonds is 2. The van der Waals surface area contributed by atoms with Crippen molar-refractivity contribution in [3.63, 3.8) is 0 Å². The number of hydrogen-bond donors (Lipinski definition) is 0. The van der Waals surface area contributed by atoms with Crippen LogP contribution >= 0.6 is 0 Å². The van der Waals surface area contributed by atoms with Crippen LogP contribution in [-0.4, -0.2) is 21.2 Å². The highest BCUT2D eigenvalue weighted by Crippen LogP contribution is 2.36. The molecule has 0 aliphatic heterocycles. The third-order valence-corrected chi connectivity index (χ3v) is 2.15. The molecule has 0 amide bonds. The van der Waals surface area contributed by atoms with Gasteiger partial charge in [0.1, 0.15) is 0 Å². The Kier molecular flexibility index (Phi) is 2.92. The minimum atomic E-state index is 0.535. The van der Waals surface area contributed by atoms with Crippen molar-refractivity contribution in [3.05, 3.63) is 22.7 Å². The van der Waals surface area contributed by atoms with Gasteiger partial charge in [-0.2, -0.15) is 0 Å². The van der Waals surface area contributed by atoms with E-state index in [1.165, 1.54) is 0 Å². The zero-order valence-electron chi connectivity index (χ0n) is 8.90. The van der Waals surface area contributed by atoms with Crippen molar-refractivity contribution >= 4 is 11.4 Å². The molecule has 14 heavy (non-hydrogen) atoms. The van der Waals surface area contributed by atoms with Gasteiger partial charge in [-0.1, -0.05) is 0 Å². The molecule has 0 N–H and O–H groups in total. The normalized spacial score (nSPS) is 9.36. The van der Waals surface area contributed by atoms with Gasteiger partial charge in [0.05, 0.1) is 18.4 Å². The second-order valence-electron chi connectivity index (χ2n) is 3.26. The van der Waals surface area contributed by atoms with Gasteiger partial charge in [-0.25, -0.2) is 0 Å². The van der Waals surface area contributed by atoms with Crippen LogP contribution in [0.4, 0.5) is 11.4 Å². The first kappa shape index (κ1) is 10.3. The highest BCUT2D eigenvalue weighted by Gasteiger charge is 2.18. The molecule has 0 heterocycles. The smallest absolute Gasteiger partial charge is 0.391 e. The lowest BCUT2D eigenvalue weighted by Gasteiger charge is -2.16. The van der Waals surface area contributed by atoms with Crippen molar-refractivity contribution in [2.45, 2.75) is 6.92 Å². The molecule has 1 rings (SSSR count). The largest absolute Gasteiger partial charge is 0.494 e. The number of methoxy groups -OCH3 is 1. The van der Waals surface area contributed by atoms with E-state index >= 15 is 0 Å². The van der Waals surface area contributed by atoms with E-state index in [1.54, 1.807) is 13.2 Å². The van der Waals surface area contributed by atoms with E-state index in [1.807, 2.05) is 32.0 Å². The summed E-state index contributed by atoms with van der Waals surface area (Å²) in [5.41, 5.74) is 2.34. The summed E-state index contributed by atoms with van der Waals surface area (Å²) in [5, 5.41) is 8.72. The quantitative estimate of drug-likeness (QED) is 0.676. The molecule has 0 aliphatic rings. The lowest BCUT2D eigenvalue weighted by molar-refractivity contribution is 0.412. The Balaban J connectivity index is 3.38. The Labute approximate surface area is 83.7 Å². The first-order valence-corrected chi connectivity index (χ1v) is 4.31. The van der Waals surface area contributed by atoms with Gasteiger partial charge in [0, 0.05) is 20.2 Å². The molecule has 0 atom stereocenters. The van der Waals surface area contributed by atoms with E-state index in [0.29, 0.717) is 5.69 Å². The zero-order chi connectivity index (χ0) is 10.7. The third kappa shape index (κ3) is 1.62. The molecule has 0 radical (unpaired) electrons. The fourth-order valence-electron chi connectivity index (χ4n) is 1.39. The number of hydrogen-bond acceptors (Lipinski definition) is 3. The molecule has 4 nitrogen and oxygen atoms in total. The SMILES string of the molecule is COc1c(N(C)C)ccc([N+]#N)c1C. The van der Waals surface area contributed by atoms with Crippen molar-refractivity contribution in [1.29, 1.82) is 5.39 Å². The average Bonchev–Trinajstić information content (AvgIpc) is 2.17. The van der Waals surface area contributed by atoms with E-state index < -0.39 is 0 Å². The summed E-state index contributed by atoms with van der Waals surface area (Å²) >= 11 is 0. The van der Waals surface area contributed by atoms with Crippen LogP contribution in [0.1, 0.15) is 5.56 Å². The number of nitrogens with zero attached hydrogens (tertiary/aromatic N) is 3. The Bertz CT molecular complexity index is 380. The van der Waals surface area contributed by atoms with Crippen molar-refractivity contribution in [3.8, 4) is 5.75 Å². The molecule has 0 fully saturated rings. The minimum Gasteiger partial charge on any atom is -0.494 e. The molecule has 0 aromatic heterocycles. The van der Waals surface area contributed by atoms with Gasteiger partial charge in [-0.3, -0.25) is 0 Å². The molecule has 0 unspecified atom stereocenters. The average molecular weight is 192 g/mol. The third-order valence-electron chi connectivity index (χ3n) is 2.15. The van der Waals surface area contributed by atoms with Crippen molar-refractivity contribution in [2.75, 3.05) is 26.1 Å². The Hall–Kier alpha value is -1.76. The topological polar surface area (TPSA) is 40.6 Å². The monoisotopic (exact) mass is 192 g/mol. The molecular weight excluding hydrogens is 178 g/mol. The number of benzene rings is 1. The number of anilines is 1. The summed E-state index contributed by atoms with van der Waals surface area (Å²) < 4.78 is 5.27. The molecule has 0 saturated carbocycles. The highest BCUT2D eigenvalue weighted by molar-refractivity contribution is 5.70. The van der Waals surface area contributed by atoms with Gasteiger partial charge in [0.25, 0.3) is 0 Å². The van der Waals surface area contributed by atoms with Crippen LogP contribution in [0.25, 0.3) is 4.98 Å². The maximum Gasteiger partial charge on any atom is 0.391 e. The molecular formula is C10H14N3O+. The fraction of sp³-hybridized carbons (Fsp3) is 0.400. The van der Waals surface area contributed by atoms with Crippen LogP contribution < -0.4 is 9.64 Å². The summed E-state index contributed by atoms with van der Waals surface area (Å²) in [4.78, 5) is 5.13. The molecule has 74 valence electrons. The van der Waals surface area contributed by atoms with Crippen LogP contribution in [0, 0.1) is 12.3 Å². The van der Waals surface area contributed by atoms with Gasteiger partial charge in [0.15, 0.2) is 10.7 Å². The standard InChI is InChI=1S/C10H14N3O/c1-7-8(12-11)5-6-9(13(2)3)10(7)14-4/h5-6H,1-4H3/q+1. The van der Waals surface area contributed by atoms with Crippen molar-refractivity contribution in [1.82, 2.24) is 0 Å².